The van der Waals surface area contributed by atoms with Gasteiger partial charge in [0, 0.05) is 11.8 Å². The molecule has 2 aliphatic rings. The van der Waals surface area contributed by atoms with E-state index < -0.39 is 5.92 Å². The van der Waals surface area contributed by atoms with E-state index in [0.29, 0.717) is 36.2 Å². The molecule has 0 amide bonds. The molecule has 0 spiro atoms. The average Bonchev–Trinajstić information content (AvgIpc) is 3.59. The molecule has 0 aliphatic carbocycles. The topological polar surface area (TPSA) is 72.5 Å². The van der Waals surface area contributed by atoms with E-state index in [2.05, 4.69) is 19.1 Å². The fourth-order valence-electron chi connectivity index (χ4n) is 5.81. The first-order valence-electron chi connectivity index (χ1n) is 13.9. The smallest absolute Gasteiger partial charge is 0.318 e. The molecule has 5 atom stereocenters. The van der Waals surface area contributed by atoms with Crippen molar-refractivity contribution in [2.24, 2.45) is 11.8 Å². The Kier molecular flexibility index (Phi) is 8.62. The number of esters is 1. The highest BCUT2D eigenvalue weighted by atomic mass is 16.6. The monoisotopic (exact) mass is 546 g/mol. The van der Waals surface area contributed by atoms with Gasteiger partial charge < -0.3 is 28.4 Å². The van der Waals surface area contributed by atoms with Crippen LogP contribution >= 0.6 is 0 Å². The Morgan fingerprint density at radius 3 is 1.82 bits per heavy atom. The van der Waals surface area contributed by atoms with Gasteiger partial charge in [-0.15, -0.1) is 0 Å². The van der Waals surface area contributed by atoms with Gasteiger partial charge in [-0.1, -0.05) is 49.7 Å². The van der Waals surface area contributed by atoms with Crippen LogP contribution in [-0.2, 0) is 20.7 Å². The van der Waals surface area contributed by atoms with E-state index in [0.717, 1.165) is 29.5 Å². The number of rotatable bonds is 10. The van der Waals surface area contributed by atoms with Crippen molar-refractivity contribution in [3.63, 3.8) is 0 Å². The summed E-state index contributed by atoms with van der Waals surface area (Å²) in [7, 11) is 4.83. The number of benzene rings is 3. The van der Waals surface area contributed by atoms with Gasteiger partial charge in [-0.05, 0) is 59.9 Å². The van der Waals surface area contributed by atoms with Gasteiger partial charge in [0.15, 0.2) is 23.0 Å². The molecule has 0 bridgehead atoms. The third-order valence-electron chi connectivity index (χ3n) is 8.10. The molecule has 2 fully saturated rings. The first-order chi connectivity index (χ1) is 19.5. The van der Waals surface area contributed by atoms with Crippen LogP contribution in [0.15, 0.2) is 60.7 Å². The van der Waals surface area contributed by atoms with Crippen molar-refractivity contribution in [1.29, 1.82) is 0 Å². The molecule has 3 unspecified atom stereocenters. The van der Waals surface area contributed by atoms with E-state index in [9.17, 15) is 4.79 Å². The molecule has 0 saturated carbocycles. The lowest BCUT2D eigenvalue weighted by atomic mass is 9.85. The Labute approximate surface area is 236 Å². The summed E-state index contributed by atoms with van der Waals surface area (Å²) in [5.74, 6) is 1.86. The zero-order valence-corrected chi connectivity index (χ0v) is 23.8. The van der Waals surface area contributed by atoms with Crippen LogP contribution in [0.25, 0.3) is 0 Å². The molecular weight excluding hydrogens is 508 g/mol. The second kappa shape index (κ2) is 12.3. The highest BCUT2D eigenvalue weighted by Crippen LogP contribution is 2.51. The van der Waals surface area contributed by atoms with Crippen LogP contribution in [-0.4, -0.2) is 40.5 Å². The second-order valence-electron chi connectivity index (χ2n) is 10.5. The van der Waals surface area contributed by atoms with Crippen molar-refractivity contribution in [3.8, 4) is 23.0 Å². The highest BCUT2D eigenvalue weighted by Gasteiger charge is 2.48. The van der Waals surface area contributed by atoms with E-state index in [4.69, 9.17) is 28.4 Å². The number of methoxy groups -OCH3 is 3. The highest BCUT2D eigenvalue weighted by molar-refractivity contribution is 5.80. The number of carbonyl (C=O) groups excluding carboxylic acids is 1. The molecule has 0 radical (unpaired) electrons. The quantitative estimate of drug-likeness (QED) is 0.214. The molecular formula is C33H38O7. The number of hydrogen-bond acceptors (Lipinski definition) is 7. The largest absolute Gasteiger partial charge is 0.493 e. The zero-order valence-electron chi connectivity index (χ0n) is 23.8. The molecule has 212 valence electrons. The normalized spacial score (nSPS) is 22.4. The number of aryl methyl sites for hydroxylation is 1. The minimum absolute atomic E-state index is 0.102. The van der Waals surface area contributed by atoms with Crippen molar-refractivity contribution in [2.45, 2.75) is 44.8 Å². The maximum Gasteiger partial charge on any atom is 0.318 e. The van der Waals surface area contributed by atoms with Crippen LogP contribution in [0, 0.1) is 11.8 Å². The van der Waals surface area contributed by atoms with Gasteiger partial charge >= 0.3 is 5.97 Å². The van der Waals surface area contributed by atoms with Gasteiger partial charge in [0.25, 0.3) is 0 Å². The fourth-order valence-corrected chi connectivity index (χ4v) is 5.81. The van der Waals surface area contributed by atoms with Crippen molar-refractivity contribution in [3.05, 3.63) is 82.9 Å². The zero-order chi connectivity index (χ0) is 28.2. The molecule has 2 heterocycles. The Morgan fingerprint density at radius 1 is 0.775 bits per heavy atom. The van der Waals surface area contributed by atoms with Crippen LogP contribution in [0.5, 0.6) is 23.0 Å². The predicted octanol–water partition coefficient (Wildman–Crippen LogP) is 6.45. The third kappa shape index (κ3) is 5.54. The van der Waals surface area contributed by atoms with E-state index in [-0.39, 0.29) is 30.0 Å². The Morgan fingerprint density at radius 2 is 1.30 bits per heavy atom. The molecule has 2 aliphatic heterocycles. The molecule has 0 N–H and O–H groups in total. The maximum absolute atomic E-state index is 13.2. The van der Waals surface area contributed by atoms with Crippen molar-refractivity contribution >= 4 is 5.97 Å². The summed E-state index contributed by atoms with van der Waals surface area (Å²) in [6.45, 7) is 5.16. The van der Waals surface area contributed by atoms with Gasteiger partial charge in [0.05, 0.1) is 52.7 Å². The fraction of sp³-hybridized carbons (Fsp3) is 0.424. The first-order valence-corrected chi connectivity index (χ1v) is 13.9. The number of hydrogen-bond donors (Lipinski definition) is 0. The van der Waals surface area contributed by atoms with Gasteiger partial charge in [0.1, 0.15) is 0 Å². The van der Waals surface area contributed by atoms with Crippen LogP contribution in [0.2, 0.25) is 0 Å². The van der Waals surface area contributed by atoms with Crippen molar-refractivity contribution in [1.82, 2.24) is 0 Å². The van der Waals surface area contributed by atoms with E-state index in [1.54, 1.807) is 21.3 Å². The lowest BCUT2D eigenvalue weighted by Crippen LogP contribution is -2.17. The molecule has 3 aromatic carbocycles. The molecule has 2 saturated heterocycles. The molecule has 0 aromatic heterocycles. The SMILES string of the molecule is CCCc1ccc(C(C)C(=O)Oc2cc([C@@H]3OCC4C3CO[C@@H]4c3ccc(OC)c(OC)c3)ccc2OC)cc1. The van der Waals surface area contributed by atoms with Gasteiger partial charge in [0.2, 0.25) is 0 Å². The minimum atomic E-state index is -0.415. The number of fused-ring (bicyclic) bond motifs is 1. The lowest BCUT2D eigenvalue weighted by Gasteiger charge is -2.19. The maximum atomic E-state index is 13.2. The van der Waals surface area contributed by atoms with Gasteiger partial charge in [-0.3, -0.25) is 4.79 Å². The standard InChI is InChI=1S/C33H38O7/c1-6-7-21-8-10-22(11-9-21)20(2)33(34)40-30-17-24(13-15-28(30)36-4)32-26-19-38-31(25(26)18-39-32)23-12-14-27(35-3)29(16-23)37-5/h8-17,20,25-26,31-32H,6-7,18-19H2,1-5H3/t20?,25?,26?,31-,32+/m1/s1. The van der Waals surface area contributed by atoms with Gasteiger partial charge in [-0.25, -0.2) is 0 Å². The lowest BCUT2D eigenvalue weighted by molar-refractivity contribution is -0.135. The Hall–Kier alpha value is -3.55. The summed E-state index contributed by atoms with van der Waals surface area (Å²) in [4.78, 5) is 13.2. The van der Waals surface area contributed by atoms with E-state index in [1.807, 2.05) is 55.5 Å². The Bertz CT molecular complexity index is 1320. The summed E-state index contributed by atoms with van der Waals surface area (Å²) in [5.41, 5.74) is 4.16. The van der Waals surface area contributed by atoms with Crippen LogP contribution < -0.4 is 18.9 Å². The number of ether oxygens (including phenoxy) is 6. The summed E-state index contributed by atoms with van der Waals surface area (Å²) in [5, 5.41) is 0. The van der Waals surface area contributed by atoms with Crippen LogP contribution in [0.4, 0.5) is 0 Å². The van der Waals surface area contributed by atoms with Crippen LogP contribution in [0.1, 0.15) is 60.6 Å². The first kappa shape index (κ1) is 28.0. The van der Waals surface area contributed by atoms with Crippen molar-refractivity contribution in [2.75, 3.05) is 34.5 Å². The minimum Gasteiger partial charge on any atom is -0.493 e. The van der Waals surface area contributed by atoms with Gasteiger partial charge in [-0.2, -0.15) is 0 Å². The molecule has 7 nitrogen and oxygen atoms in total. The summed E-state index contributed by atoms with van der Waals surface area (Å²) in [6, 6.07) is 19.7. The molecule has 5 rings (SSSR count). The second-order valence-corrected chi connectivity index (χ2v) is 10.5. The van der Waals surface area contributed by atoms with E-state index in [1.165, 1.54) is 5.56 Å². The van der Waals surface area contributed by atoms with Crippen molar-refractivity contribution < 1.29 is 33.2 Å². The Balaban J connectivity index is 1.31. The third-order valence-corrected chi connectivity index (χ3v) is 8.10. The molecule has 7 heteroatoms. The summed E-state index contributed by atoms with van der Waals surface area (Å²) < 4.78 is 34.9. The van der Waals surface area contributed by atoms with E-state index >= 15 is 0 Å². The number of carbonyl (C=O) groups is 1. The molecule has 3 aromatic rings. The average molecular weight is 547 g/mol. The summed E-state index contributed by atoms with van der Waals surface area (Å²) >= 11 is 0. The predicted molar refractivity (Wildman–Crippen MR) is 151 cm³/mol. The molecule has 40 heavy (non-hydrogen) atoms. The van der Waals surface area contributed by atoms with Crippen LogP contribution in [0.3, 0.4) is 0 Å². The summed E-state index contributed by atoms with van der Waals surface area (Å²) in [6.07, 6.45) is 1.83.